The van der Waals surface area contributed by atoms with Gasteiger partial charge >= 0.3 is 293 Å². The maximum absolute atomic E-state index is 18.7. The number of aliphatic hydroxyl groups excluding tert-OH is 1. The molecule has 49 heavy (non-hydrogen) atoms. The third-order valence-electron chi connectivity index (χ3n) is 10.2. The van der Waals surface area contributed by atoms with Crippen LogP contribution in [0.3, 0.4) is 0 Å². The molecule has 0 unspecified atom stereocenters. The molecule has 6 rings (SSSR count). The van der Waals surface area contributed by atoms with E-state index < -0.39 is 55.1 Å². The number of fused-ring (bicyclic) bond motifs is 3. The topological polar surface area (TPSA) is 84.8 Å². The first kappa shape index (κ1) is 36.9. The van der Waals surface area contributed by atoms with Crippen molar-refractivity contribution in [2.75, 3.05) is 6.61 Å². The number of hydrogen-bond acceptors (Lipinski definition) is 8. The summed E-state index contributed by atoms with van der Waals surface area (Å²) in [4.78, 5) is 0. The van der Waals surface area contributed by atoms with Gasteiger partial charge in [-0.25, -0.2) is 0 Å². The van der Waals surface area contributed by atoms with Crippen LogP contribution in [0, 0.1) is 0 Å². The molecular weight excluding hydrogens is 646 g/mol. The van der Waals surface area contributed by atoms with E-state index in [9.17, 15) is 5.11 Å². The SMILES string of the molecule is CC1c2cc(C(C)(C)C)cc(C(C)(C)C)c2OP2(F)(OC[C@H]([C@H]3O[C@@H]4OC(C)(C)O[C@@H]4[C@H]3O)O2)Oc2c1cc(C(C)(C)C)cc2C(C)(C)C. The van der Waals surface area contributed by atoms with Gasteiger partial charge in [0.05, 0.1) is 0 Å². The van der Waals surface area contributed by atoms with Gasteiger partial charge in [-0.1, -0.05) is 0 Å². The molecule has 3 fully saturated rings. The number of halogens is 1. The predicted octanol–water partition coefficient (Wildman–Crippen LogP) is 9.55. The van der Waals surface area contributed by atoms with Gasteiger partial charge in [0.25, 0.3) is 0 Å². The summed E-state index contributed by atoms with van der Waals surface area (Å²) in [5, 5.41) is 11.3. The first-order valence-electron chi connectivity index (χ1n) is 17.6. The van der Waals surface area contributed by atoms with Gasteiger partial charge in [0.15, 0.2) is 0 Å². The van der Waals surface area contributed by atoms with E-state index in [1.807, 2.05) is 0 Å². The Morgan fingerprint density at radius 1 is 0.714 bits per heavy atom. The zero-order chi connectivity index (χ0) is 36.5. The quantitative estimate of drug-likeness (QED) is 0.294. The van der Waals surface area contributed by atoms with Crippen molar-refractivity contribution >= 4 is 7.82 Å². The summed E-state index contributed by atoms with van der Waals surface area (Å²) >= 11 is 0. The van der Waals surface area contributed by atoms with E-state index in [-0.39, 0.29) is 23.4 Å². The van der Waals surface area contributed by atoms with Crippen LogP contribution in [0.2, 0.25) is 0 Å². The van der Waals surface area contributed by atoms with Crippen LogP contribution in [0.4, 0.5) is 4.20 Å². The molecule has 4 heterocycles. The molecule has 0 aromatic heterocycles. The summed E-state index contributed by atoms with van der Waals surface area (Å²) in [5.41, 5.74) is 4.27. The molecule has 5 atom stereocenters. The average molecular weight is 705 g/mol. The van der Waals surface area contributed by atoms with Gasteiger partial charge in [-0.15, -0.1) is 0 Å². The Hall–Kier alpha value is -1.84. The monoisotopic (exact) mass is 704 g/mol. The first-order chi connectivity index (χ1) is 22.1. The van der Waals surface area contributed by atoms with Crippen LogP contribution in [0.15, 0.2) is 24.3 Å². The van der Waals surface area contributed by atoms with Crippen LogP contribution in [0.5, 0.6) is 11.5 Å². The average Bonchev–Trinajstić information content (AvgIpc) is 3.53. The molecule has 3 saturated heterocycles. The normalized spacial score (nSPS) is 31.4. The number of benzene rings is 2. The molecule has 0 aliphatic carbocycles. The van der Waals surface area contributed by atoms with Gasteiger partial charge in [0, 0.05) is 0 Å². The molecule has 4 aliphatic rings. The summed E-state index contributed by atoms with van der Waals surface area (Å²) in [5.74, 6) is -0.447. The Morgan fingerprint density at radius 2 is 1.18 bits per heavy atom. The molecule has 8 nitrogen and oxygen atoms in total. The fourth-order valence-corrected chi connectivity index (χ4v) is 9.44. The molecular formula is C39H58FO8P. The predicted molar refractivity (Wildman–Crippen MR) is 190 cm³/mol. The van der Waals surface area contributed by atoms with E-state index in [4.69, 9.17) is 32.3 Å². The summed E-state index contributed by atoms with van der Waals surface area (Å²) < 4.78 is 62.4. The Morgan fingerprint density at radius 3 is 1.59 bits per heavy atom. The van der Waals surface area contributed by atoms with Crippen molar-refractivity contribution in [3.8, 4) is 11.5 Å². The number of ether oxygens (including phenoxy) is 3. The second kappa shape index (κ2) is 11.1. The number of hydrogen-bond donors (Lipinski definition) is 1. The minimum atomic E-state index is -6.00. The molecule has 0 radical (unpaired) electrons. The summed E-state index contributed by atoms with van der Waals surface area (Å²) in [6.45, 7) is 31.0. The molecule has 1 N–H and O–H groups in total. The van der Waals surface area contributed by atoms with Crippen molar-refractivity contribution in [3.63, 3.8) is 0 Å². The van der Waals surface area contributed by atoms with E-state index in [0.717, 1.165) is 33.4 Å². The van der Waals surface area contributed by atoms with Gasteiger partial charge in [0.1, 0.15) is 0 Å². The van der Waals surface area contributed by atoms with Crippen molar-refractivity contribution < 1.29 is 41.6 Å². The van der Waals surface area contributed by atoms with Crippen LogP contribution in [0.25, 0.3) is 0 Å². The molecule has 2 aromatic carbocycles. The second-order valence-electron chi connectivity index (χ2n) is 19.0. The maximum atomic E-state index is 18.7. The summed E-state index contributed by atoms with van der Waals surface area (Å²) in [6.07, 6.45) is -4.82. The fourth-order valence-electron chi connectivity index (χ4n) is 7.15. The van der Waals surface area contributed by atoms with Gasteiger partial charge in [-0.3, -0.25) is 0 Å². The molecule has 2 aromatic rings. The van der Waals surface area contributed by atoms with Gasteiger partial charge in [0.2, 0.25) is 0 Å². The van der Waals surface area contributed by atoms with Crippen molar-refractivity contribution in [3.05, 3.63) is 57.6 Å². The zero-order valence-electron chi connectivity index (χ0n) is 32.1. The Kier molecular flexibility index (Phi) is 8.35. The van der Waals surface area contributed by atoms with Crippen LogP contribution in [-0.4, -0.2) is 48.2 Å². The van der Waals surface area contributed by atoms with E-state index in [1.54, 1.807) is 13.8 Å². The molecule has 0 amide bonds. The third-order valence-corrected chi connectivity index (χ3v) is 12.3. The van der Waals surface area contributed by atoms with Crippen molar-refractivity contribution in [2.45, 2.75) is 168 Å². The fraction of sp³-hybridized carbons (Fsp3) is 0.692. The molecule has 274 valence electrons. The molecule has 10 heteroatoms. The van der Waals surface area contributed by atoms with Crippen LogP contribution < -0.4 is 9.05 Å². The number of aliphatic hydroxyl groups is 1. The second-order valence-corrected chi connectivity index (χ2v) is 21.3. The van der Waals surface area contributed by atoms with Crippen molar-refractivity contribution in [1.82, 2.24) is 0 Å². The van der Waals surface area contributed by atoms with Crippen LogP contribution in [0.1, 0.15) is 143 Å². The number of rotatable bonds is 1. The molecule has 4 aliphatic heterocycles. The van der Waals surface area contributed by atoms with Crippen molar-refractivity contribution in [1.29, 1.82) is 0 Å². The molecule has 1 spiro atoms. The first-order valence-corrected chi connectivity index (χ1v) is 19.4. The molecule has 0 saturated carbocycles. The summed E-state index contributed by atoms with van der Waals surface area (Å²) in [6, 6.07) is 8.50. The Balaban J connectivity index is 1.59. The van der Waals surface area contributed by atoms with Gasteiger partial charge in [-0.05, 0) is 0 Å². The van der Waals surface area contributed by atoms with Crippen molar-refractivity contribution in [2.24, 2.45) is 0 Å². The van der Waals surface area contributed by atoms with Gasteiger partial charge < -0.3 is 0 Å². The third kappa shape index (κ3) is 6.56. The minimum absolute atomic E-state index is 0.194. The van der Waals surface area contributed by atoms with E-state index in [0.29, 0.717) is 11.5 Å². The summed E-state index contributed by atoms with van der Waals surface area (Å²) in [7, 11) is -6.00. The zero-order valence-corrected chi connectivity index (χ0v) is 33.0. The van der Waals surface area contributed by atoms with E-state index >= 15 is 4.20 Å². The standard InChI is InChI=1S/C39H58FO8P/c1-21-24-16-22(35(2,3)4)18-26(37(8,9)10)30(24)47-49(40,48-31-25(21)17-23(36(5,6)7)19-27(31)38(11,12)13)42-20-28(46-49)32-29(41)33-34(43-32)45-39(14,15)44-33/h16-19,21,28-29,32-34,41H,20H2,1-15H3/t28-,29+,32-,33-,34-/m1/s1. The van der Waals surface area contributed by atoms with E-state index in [2.05, 4.69) is 114 Å². The van der Waals surface area contributed by atoms with Gasteiger partial charge in [-0.2, -0.15) is 0 Å². The Labute approximate surface area is 292 Å². The van der Waals surface area contributed by atoms with Crippen LogP contribution >= 0.6 is 7.82 Å². The van der Waals surface area contributed by atoms with Crippen LogP contribution in [-0.2, 0) is 44.9 Å². The Bertz CT molecular complexity index is 1560. The van der Waals surface area contributed by atoms with E-state index in [1.165, 1.54) is 0 Å². The molecule has 0 bridgehead atoms.